The molecule has 1 aliphatic rings. The molecule has 90 valence electrons. The van der Waals surface area contributed by atoms with Crippen LogP contribution in [0.1, 0.15) is 19.8 Å². The summed E-state index contributed by atoms with van der Waals surface area (Å²) < 4.78 is 13.4. The Kier molecular flexibility index (Phi) is 3.58. The van der Waals surface area contributed by atoms with E-state index in [-0.39, 0.29) is 11.8 Å². The Morgan fingerprint density at radius 1 is 1.50 bits per heavy atom. The van der Waals surface area contributed by atoms with Crippen LogP contribution in [0.2, 0.25) is 0 Å². The van der Waals surface area contributed by atoms with Crippen molar-refractivity contribution >= 4 is 0 Å². The molecule has 2 heterocycles. The Morgan fingerprint density at radius 2 is 2.25 bits per heavy atom. The van der Waals surface area contributed by atoms with Gasteiger partial charge in [0.1, 0.15) is 0 Å². The zero-order valence-electron chi connectivity index (χ0n) is 9.63. The Hall–Kier alpha value is -0.910. The van der Waals surface area contributed by atoms with Crippen LogP contribution in [-0.4, -0.2) is 35.6 Å². The van der Waals surface area contributed by atoms with E-state index in [1.807, 2.05) is 12.5 Å². The summed E-state index contributed by atoms with van der Waals surface area (Å²) in [6.07, 6.45) is 7.05. The van der Waals surface area contributed by atoms with Crippen molar-refractivity contribution in [2.45, 2.75) is 31.6 Å². The van der Waals surface area contributed by atoms with Gasteiger partial charge in [-0.3, -0.25) is 0 Å². The predicted molar refractivity (Wildman–Crippen MR) is 59.9 cm³/mol. The van der Waals surface area contributed by atoms with E-state index in [4.69, 9.17) is 15.2 Å². The van der Waals surface area contributed by atoms with E-state index in [2.05, 4.69) is 16.5 Å². The second-order valence-corrected chi connectivity index (χ2v) is 4.04. The minimum atomic E-state index is -0.220. The number of imidazole rings is 1. The van der Waals surface area contributed by atoms with Crippen molar-refractivity contribution in [1.29, 1.82) is 0 Å². The normalized spacial score (nSPS) is 21.1. The van der Waals surface area contributed by atoms with Crippen LogP contribution < -0.4 is 5.73 Å². The quantitative estimate of drug-likeness (QED) is 0.801. The van der Waals surface area contributed by atoms with Crippen LogP contribution in [0.3, 0.4) is 0 Å². The van der Waals surface area contributed by atoms with Gasteiger partial charge in [-0.25, -0.2) is 4.98 Å². The minimum Gasteiger partial charge on any atom is -0.348 e. The van der Waals surface area contributed by atoms with E-state index < -0.39 is 0 Å². The highest BCUT2D eigenvalue weighted by molar-refractivity contribution is 4.95. The van der Waals surface area contributed by atoms with Crippen molar-refractivity contribution < 1.29 is 9.47 Å². The third-order valence-corrected chi connectivity index (χ3v) is 3.27. The van der Waals surface area contributed by atoms with E-state index in [9.17, 15) is 0 Å². The van der Waals surface area contributed by atoms with Gasteiger partial charge >= 0.3 is 0 Å². The van der Waals surface area contributed by atoms with Crippen molar-refractivity contribution in [3.8, 4) is 0 Å². The number of nitrogens with zero attached hydrogens (tertiary/aromatic N) is 2. The van der Waals surface area contributed by atoms with Crippen LogP contribution >= 0.6 is 0 Å². The second kappa shape index (κ2) is 4.95. The third-order valence-electron chi connectivity index (χ3n) is 3.27. The van der Waals surface area contributed by atoms with E-state index >= 15 is 0 Å². The van der Waals surface area contributed by atoms with Crippen molar-refractivity contribution in [1.82, 2.24) is 9.55 Å². The standard InChI is InChI=1S/C11H19N3O2/c1-2-11(3-4-12,10-15-7-8-16-10)14-6-5-13-9-14/h5-6,9-10H,2-4,7-8,12H2,1H3. The second-order valence-electron chi connectivity index (χ2n) is 4.04. The molecule has 0 aliphatic carbocycles. The third kappa shape index (κ3) is 1.86. The molecule has 2 N–H and O–H groups in total. The highest BCUT2D eigenvalue weighted by Crippen LogP contribution is 2.33. The SMILES string of the molecule is CCC(CCN)(C1OCCO1)n1ccnc1. The molecule has 0 bridgehead atoms. The molecule has 0 radical (unpaired) electrons. The lowest BCUT2D eigenvalue weighted by atomic mass is 9.90. The molecular weight excluding hydrogens is 206 g/mol. The van der Waals surface area contributed by atoms with Gasteiger partial charge in [-0.05, 0) is 19.4 Å². The molecule has 0 aromatic carbocycles. The van der Waals surface area contributed by atoms with Crippen LogP contribution in [-0.2, 0) is 15.0 Å². The highest BCUT2D eigenvalue weighted by atomic mass is 16.7. The summed E-state index contributed by atoms with van der Waals surface area (Å²) in [7, 11) is 0. The molecule has 1 aromatic heterocycles. The Balaban J connectivity index is 2.29. The number of nitrogens with two attached hydrogens (primary N) is 1. The summed E-state index contributed by atoms with van der Waals surface area (Å²) in [5.74, 6) is 0. The van der Waals surface area contributed by atoms with Gasteiger partial charge in [-0.15, -0.1) is 0 Å². The van der Waals surface area contributed by atoms with E-state index in [1.54, 1.807) is 6.20 Å². The summed E-state index contributed by atoms with van der Waals surface area (Å²) in [4.78, 5) is 4.10. The van der Waals surface area contributed by atoms with Crippen molar-refractivity contribution in [2.24, 2.45) is 5.73 Å². The average molecular weight is 225 g/mol. The maximum Gasteiger partial charge on any atom is 0.181 e. The van der Waals surface area contributed by atoms with Crippen LogP contribution in [0.15, 0.2) is 18.7 Å². The zero-order chi connectivity index (χ0) is 11.4. The first-order chi connectivity index (χ1) is 7.83. The molecule has 1 atom stereocenters. The van der Waals surface area contributed by atoms with E-state index in [1.165, 1.54) is 0 Å². The summed E-state index contributed by atoms with van der Waals surface area (Å²) in [6.45, 7) is 4.05. The summed E-state index contributed by atoms with van der Waals surface area (Å²) in [6, 6.07) is 0. The molecule has 0 saturated carbocycles. The van der Waals surface area contributed by atoms with Gasteiger partial charge in [0.25, 0.3) is 0 Å². The van der Waals surface area contributed by atoms with Gasteiger partial charge in [0.05, 0.1) is 25.1 Å². The molecule has 1 aliphatic heterocycles. The van der Waals surface area contributed by atoms with Crippen LogP contribution in [0.5, 0.6) is 0 Å². The van der Waals surface area contributed by atoms with Gasteiger partial charge in [0.2, 0.25) is 0 Å². The first-order valence-electron chi connectivity index (χ1n) is 5.75. The van der Waals surface area contributed by atoms with Gasteiger partial charge in [0.15, 0.2) is 6.29 Å². The molecular formula is C11H19N3O2. The van der Waals surface area contributed by atoms with E-state index in [0.29, 0.717) is 19.8 Å². The smallest absolute Gasteiger partial charge is 0.181 e. The lowest BCUT2D eigenvalue weighted by molar-refractivity contribution is -0.129. The van der Waals surface area contributed by atoms with Gasteiger partial charge in [-0.1, -0.05) is 6.92 Å². The summed E-state index contributed by atoms with van der Waals surface area (Å²) in [5.41, 5.74) is 5.50. The van der Waals surface area contributed by atoms with Crippen LogP contribution in [0.4, 0.5) is 0 Å². The molecule has 1 fully saturated rings. The molecule has 16 heavy (non-hydrogen) atoms. The summed E-state index contributed by atoms with van der Waals surface area (Å²) in [5, 5.41) is 0. The number of rotatable bonds is 5. The van der Waals surface area contributed by atoms with Crippen molar-refractivity contribution in [3.63, 3.8) is 0 Å². The molecule has 1 aromatic rings. The Labute approximate surface area is 95.6 Å². The largest absolute Gasteiger partial charge is 0.348 e. The number of aromatic nitrogens is 2. The zero-order valence-corrected chi connectivity index (χ0v) is 9.63. The summed E-state index contributed by atoms with van der Waals surface area (Å²) >= 11 is 0. The molecule has 1 saturated heterocycles. The number of ether oxygens (including phenoxy) is 2. The van der Waals surface area contributed by atoms with Crippen molar-refractivity contribution in [3.05, 3.63) is 18.7 Å². The Bertz CT molecular complexity index is 309. The molecule has 5 nitrogen and oxygen atoms in total. The maximum atomic E-state index is 5.72. The highest BCUT2D eigenvalue weighted by Gasteiger charge is 2.42. The van der Waals surface area contributed by atoms with E-state index in [0.717, 1.165) is 12.8 Å². The first-order valence-corrected chi connectivity index (χ1v) is 5.75. The average Bonchev–Trinajstić information content (AvgIpc) is 2.98. The van der Waals surface area contributed by atoms with Gasteiger partial charge in [0, 0.05) is 12.4 Å². The Morgan fingerprint density at radius 3 is 2.75 bits per heavy atom. The predicted octanol–water partition coefficient (Wildman–Crippen LogP) is 0.710. The first kappa shape index (κ1) is 11.6. The number of hydrogen-bond acceptors (Lipinski definition) is 4. The lowest BCUT2D eigenvalue weighted by Gasteiger charge is -2.37. The molecule has 1 unspecified atom stereocenters. The molecule has 0 amide bonds. The molecule has 0 spiro atoms. The topological polar surface area (TPSA) is 62.3 Å². The van der Waals surface area contributed by atoms with Crippen LogP contribution in [0, 0.1) is 0 Å². The monoisotopic (exact) mass is 225 g/mol. The molecule has 5 heteroatoms. The lowest BCUT2D eigenvalue weighted by Crippen LogP contribution is -2.46. The van der Waals surface area contributed by atoms with Crippen molar-refractivity contribution in [2.75, 3.05) is 19.8 Å². The fraction of sp³-hybridized carbons (Fsp3) is 0.727. The fourth-order valence-corrected chi connectivity index (χ4v) is 2.34. The van der Waals surface area contributed by atoms with Crippen LogP contribution in [0.25, 0.3) is 0 Å². The number of hydrogen-bond donors (Lipinski definition) is 1. The minimum absolute atomic E-state index is 0.213. The maximum absolute atomic E-state index is 5.72. The molecule has 2 rings (SSSR count). The van der Waals surface area contributed by atoms with Gasteiger partial charge < -0.3 is 19.8 Å². The fourth-order valence-electron chi connectivity index (χ4n) is 2.34. The van der Waals surface area contributed by atoms with Gasteiger partial charge in [-0.2, -0.15) is 0 Å².